The zero-order valence-electron chi connectivity index (χ0n) is 14.4. The molecule has 1 atom stereocenters. The first-order valence-corrected chi connectivity index (χ1v) is 8.32. The summed E-state index contributed by atoms with van der Waals surface area (Å²) in [6.45, 7) is 4.39. The van der Waals surface area contributed by atoms with Crippen LogP contribution in [0.1, 0.15) is 34.0 Å². The van der Waals surface area contributed by atoms with Crippen molar-refractivity contribution in [1.82, 2.24) is 4.90 Å². The summed E-state index contributed by atoms with van der Waals surface area (Å²) in [6.07, 6.45) is -0.112. The summed E-state index contributed by atoms with van der Waals surface area (Å²) < 4.78 is 5.29. The van der Waals surface area contributed by atoms with Gasteiger partial charge < -0.3 is 14.7 Å². The highest BCUT2D eigenvalue weighted by Gasteiger charge is 2.28. The van der Waals surface area contributed by atoms with Gasteiger partial charge in [0, 0.05) is 13.1 Å². The summed E-state index contributed by atoms with van der Waals surface area (Å²) >= 11 is 0. The van der Waals surface area contributed by atoms with Crippen LogP contribution in [-0.4, -0.2) is 34.5 Å². The predicted molar refractivity (Wildman–Crippen MR) is 93.3 cm³/mol. The van der Waals surface area contributed by atoms with Gasteiger partial charge in [0.1, 0.15) is 11.3 Å². The van der Waals surface area contributed by atoms with Crippen LogP contribution in [0, 0.1) is 6.92 Å². The van der Waals surface area contributed by atoms with Crippen molar-refractivity contribution in [2.75, 3.05) is 6.54 Å². The van der Waals surface area contributed by atoms with E-state index in [1.165, 1.54) is 11.6 Å². The zero-order valence-corrected chi connectivity index (χ0v) is 14.4. The van der Waals surface area contributed by atoms with Gasteiger partial charge in [0.2, 0.25) is 0 Å². The zero-order chi connectivity index (χ0) is 18.0. The first-order valence-electron chi connectivity index (χ1n) is 8.32. The Morgan fingerprint density at radius 3 is 2.60 bits per heavy atom. The van der Waals surface area contributed by atoms with E-state index in [4.69, 9.17) is 4.74 Å². The van der Waals surface area contributed by atoms with Gasteiger partial charge in [-0.2, -0.15) is 0 Å². The molecule has 1 aliphatic heterocycles. The third-order valence-electron chi connectivity index (χ3n) is 4.53. The van der Waals surface area contributed by atoms with Crippen LogP contribution >= 0.6 is 0 Å². The monoisotopic (exact) mass is 339 g/mol. The molecule has 0 bridgehead atoms. The number of phenolic OH excluding ortho intramolecular Hbond substituents is 1. The Balaban J connectivity index is 1.67. The molecule has 1 aliphatic rings. The third kappa shape index (κ3) is 3.50. The number of hydrogen-bond acceptors (Lipinski definition) is 4. The maximum absolute atomic E-state index is 12.6. The molecular formula is C20H21NO4. The van der Waals surface area contributed by atoms with Crippen molar-refractivity contribution in [1.29, 1.82) is 0 Å². The largest absolute Gasteiger partial charge is 0.507 e. The summed E-state index contributed by atoms with van der Waals surface area (Å²) in [5.41, 5.74) is 3.03. The smallest absolute Gasteiger partial charge is 0.342 e. The number of aromatic hydroxyl groups is 1. The van der Waals surface area contributed by atoms with Crippen LogP contribution in [0.4, 0.5) is 0 Å². The second-order valence-electron chi connectivity index (χ2n) is 6.30. The Labute approximate surface area is 146 Å². The molecule has 0 fully saturated rings. The van der Waals surface area contributed by atoms with Crippen molar-refractivity contribution in [3.05, 3.63) is 64.7 Å². The number of ether oxygens (including phenoxy) is 1. The highest BCUT2D eigenvalue weighted by molar-refractivity contribution is 5.95. The van der Waals surface area contributed by atoms with Gasteiger partial charge in [0.05, 0.1) is 0 Å². The quantitative estimate of drug-likeness (QED) is 0.873. The van der Waals surface area contributed by atoms with E-state index in [0.29, 0.717) is 18.7 Å². The maximum Gasteiger partial charge on any atom is 0.342 e. The topological polar surface area (TPSA) is 66.8 Å². The lowest BCUT2D eigenvalue weighted by Crippen LogP contribution is -2.42. The molecule has 25 heavy (non-hydrogen) atoms. The first kappa shape index (κ1) is 17.0. The minimum absolute atomic E-state index is 0.0728. The number of aryl methyl sites for hydroxylation is 1. The number of hydrogen-bond donors (Lipinski definition) is 1. The van der Waals surface area contributed by atoms with Crippen LogP contribution in [0.3, 0.4) is 0 Å². The molecular weight excluding hydrogens is 318 g/mol. The summed E-state index contributed by atoms with van der Waals surface area (Å²) in [7, 11) is 0. The van der Waals surface area contributed by atoms with Crippen molar-refractivity contribution in [2.24, 2.45) is 0 Å². The number of phenols is 1. The van der Waals surface area contributed by atoms with Gasteiger partial charge in [-0.15, -0.1) is 0 Å². The Morgan fingerprint density at radius 2 is 1.84 bits per heavy atom. The molecule has 0 aromatic heterocycles. The number of amides is 1. The van der Waals surface area contributed by atoms with Crippen LogP contribution in [0.5, 0.6) is 5.75 Å². The number of nitrogens with zero attached hydrogens (tertiary/aromatic N) is 1. The lowest BCUT2D eigenvalue weighted by atomic mass is 9.99. The van der Waals surface area contributed by atoms with E-state index in [-0.39, 0.29) is 17.2 Å². The summed E-state index contributed by atoms with van der Waals surface area (Å²) in [4.78, 5) is 26.6. The van der Waals surface area contributed by atoms with Gasteiger partial charge in [0.15, 0.2) is 6.10 Å². The molecule has 1 N–H and O–H groups in total. The van der Waals surface area contributed by atoms with E-state index in [1.54, 1.807) is 30.9 Å². The standard InChI is InChI=1S/C20H21NO4/c1-13-6-5-9-17(18(13)22)20(24)25-14(2)19(23)21-11-10-15-7-3-4-8-16(15)12-21/h3-9,14,22H,10-12H2,1-2H3. The average molecular weight is 339 g/mol. The molecule has 0 radical (unpaired) electrons. The molecule has 1 amide bonds. The van der Waals surface area contributed by atoms with Crippen LogP contribution in [-0.2, 0) is 22.5 Å². The van der Waals surface area contributed by atoms with Crippen molar-refractivity contribution >= 4 is 11.9 Å². The van der Waals surface area contributed by atoms with Crippen molar-refractivity contribution in [3.8, 4) is 5.75 Å². The number of fused-ring (bicyclic) bond motifs is 1. The van der Waals surface area contributed by atoms with Crippen LogP contribution in [0.2, 0.25) is 0 Å². The maximum atomic E-state index is 12.6. The average Bonchev–Trinajstić information content (AvgIpc) is 2.62. The minimum atomic E-state index is -0.905. The SMILES string of the molecule is Cc1cccc(C(=O)OC(C)C(=O)N2CCc3ccccc3C2)c1O. The lowest BCUT2D eigenvalue weighted by Gasteiger charge is -2.30. The van der Waals surface area contributed by atoms with Crippen LogP contribution < -0.4 is 0 Å². The lowest BCUT2D eigenvalue weighted by molar-refractivity contribution is -0.140. The number of carbonyl (C=O) groups excluding carboxylic acids is 2. The van der Waals surface area contributed by atoms with E-state index in [0.717, 1.165) is 12.0 Å². The number of carbonyl (C=O) groups is 2. The molecule has 2 aromatic carbocycles. The Morgan fingerprint density at radius 1 is 1.12 bits per heavy atom. The third-order valence-corrected chi connectivity index (χ3v) is 4.53. The Bertz CT molecular complexity index is 815. The molecule has 130 valence electrons. The van der Waals surface area contributed by atoms with E-state index >= 15 is 0 Å². The molecule has 1 unspecified atom stereocenters. The van der Waals surface area contributed by atoms with Crippen molar-refractivity contribution < 1.29 is 19.4 Å². The number of esters is 1. The fourth-order valence-corrected chi connectivity index (χ4v) is 3.04. The van der Waals surface area contributed by atoms with E-state index in [2.05, 4.69) is 6.07 Å². The van der Waals surface area contributed by atoms with Crippen LogP contribution in [0.25, 0.3) is 0 Å². The van der Waals surface area contributed by atoms with E-state index < -0.39 is 12.1 Å². The molecule has 0 saturated carbocycles. The van der Waals surface area contributed by atoms with Gasteiger partial charge in [-0.3, -0.25) is 4.79 Å². The highest BCUT2D eigenvalue weighted by Crippen LogP contribution is 2.23. The molecule has 0 aliphatic carbocycles. The number of benzene rings is 2. The van der Waals surface area contributed by atoms with Crippen molar-refractivity contribution in [2.45, 2.75) is 32.9 Å². The van der Waals surface area contributed by atoms with Gasteiger partial charge in [-0.05, 0) is 43.0 Å². The normalized spacial score (nSPS) is 14.6. The Hall–Kier alpha value is -2.82. The summed E-state index contributed by atoms with van der Waals surface area (Å²) in [5.74, 6) is -1.03. The molecule has 2 aromatic rings. The van der Waals surface area contributed by atoms with Gasteiger partial charge in [-0.1, -0.05) is 36.4 Å². The summed E-state index contributed by atoms with van der Waals surface area (Å²) in [6, 6.07) is 12.9. The van der Waals surface area contributed by atoms with Gasteiger partial charge >= 0.3 is 5.97 Å². The van der Waals surface area contributed by atoms with Gasteiger partial charge in [0.25, 0.3) is 5.91 Å². The second-order valence-corrected chi connectivity index (χ2v) is 6.30. The predicted octanol–water partition coefficient (Wildman–Crippen LogP) is 2.83. The molecule has 0 spiro atoms. The molecule has 1 heterocycles. The minimum Gasteiger partial charge on any atom is -0.507 e. The van der Waals surface area contributed by atoms with E-state index in [9.17, 15) is 14.7 Å². The van der Waals surface area contributed by atoms with Gasteiger partial charge in [-0.25, -0.2) is 4.79 Å². The van der Waals surface area contributed by atoms with E-state index in [1.807, 2.05) is 18.2 Å². The summed E-state index contributed by atoms with van der Waals surface area (Å²) in [5, 5.41) is 9.98. The van der Waals surface area contributed by atoms with Crippen LogP contribution in [0.15, 0.2) is 42.5 Å². The molecule has 3 rings (SSSR count). The fraction of sp³-hybridized carbons (Fsp3) is 0.300. The highest BCUT2D eigenvalue weighted by atomic mass is 16.5. The number of para-hydroxylation sites is 1. The van der Waals surface area contributed by atoms with Crippen molar-refractivity contribution in [3.63, 3.8) is 0 Å². The number of rotatable bonds is 3. The first-order chi connectivity index (χ1) is 12.0. The molecule has 5 heteroatoms. The fourth-order valence-electron chi connectivity index (χ4n) is 3.04. The second kappa shape index (κ2) is 6.97. The molecule has 5 nitrogen and oxygen atoms in total. The molecule has 0 saturated heterocycles. The Kier molecular flexibility index (Phi) is 4.74.